The molecule has 0 unspecified atom stereocenters. The predicted octanol–water partition coefficient (Wildman–Crippen LogP) is 3.94. The monoisotopic (exact) mass is 397 g/mol. The number of nitrogens with one attached hydrogen (secondary N) is 1. The third kappa shape index (κ3) is 4.05. The second-order valence-electron chi connectivity index (χ2n) is 8.53. The van der Waals surface area contributed by atoms with Crippen LogP contribution in [0.3, 0.4) is 0 Å². The van der Waals surface area contributed by atoms with Gasteiger partial charge in [-0.15, -0.1) is 0 Å². The number of amides is 1. The van der Waals surface area contributed by atoms with Crippen LogP contribution in [0.1, 0.15) is 51.8 Å². The summed E-state index contributed by atoms with van der Waals surface area (Å²) < 4.78 is 15.4. The van der Waals surface area contributed by atoms with Crippen LogP contribution >= 0.6 is 0 Å². The number of nitrogens with two attached hydrogens (primary N) is 1. The van der Waals surface area contributed by atoms with Crippen LogP contribution in [0.5, 0.6) is 0 Å². The third-order valence-electron chi connectivity index (χ3n) is 5.57. The first-order valence-corrected chi connectivity index (χ1v) is 10.2. The number of fused-ring (bicyclic) bond motifs is 1. The largest absolute Gasteiger partial charge is 0.367 e. The van der Waals surface area contributed by atoms with Crippen LogP contribution in [0.25, 0.3) is 17.5 Å². The topological polar surface area (TPSA) is 76.2 Å². The van der Waals surface area contributed by atoms with Gasteiger partial charge in [-0.05, 0) is 51.0 Å². The van der Waals surface area contributed by atoms with Crippen LogP contribution in [0.15, 0.2) is 30.5 Å². The van der Waals surface area contributed by atoms with Crippen molar-refractivity contribution in [2.45, 2.75) is 64.1 Å². The number of benzene rings is 1. The maximum atomic E-state index is 13.4. The Labute approximate surface area is 170 Å². The molecule has 0 saturated heterocycles. The van der Waals surface area contributed by atoms with E-state index in [2.05, 4.69) is 5.32 Å². The molecule has 7 heteroatoms. The molecule has 1 aliphatic carbocycles. The fourth-order valence-corrected chi connectivity index (χ4v) is 4.00. The number of hydrogen-bond acceptors (Lipinski definition) is 4. The molecule has 1 aliphatic heterocycles. The van der Waals surface area contributed by atoms with E-state index in [1.807, 2.05) is 10.8 Å². The number of aromatic nitrogens is 2. The Balaban J connectivity index is 1.70. The second kappa shape index (κ2) is 7.63. The normalized spacial score (nSPS) is 17.3. The molecule has 6 nitrogen and oxygen atoms in total. The lowest BCUT2D eigenvalue weighted by molar-refractivity contribution is -0.133. The molecule has 1 aromatic carbocycles. The molecule has 0 bridgehead atoms. The lowest BCUT2D eigenvalue weighted by atomic mass is 9.95. The molecule has 1 fully saturated rings. The molecule has 0 radical (unpaired) electrons. The van der Waals surface area contributed by atoms with E-state index in [4.69, 9.17) is 10.7 Å². The van der Waals surface area contributed by atoms with Gasteiger partial charge in [-0.2, -0.15) is 0 Å². The van der Waals surface area contributed by atoms with E-state index in [1.165, 1.54) is 31.4 Å². The van der Waals surface area contributed by atoms with Crippen molar-refractivity contribution in [2.24, 2.45) is 5.73 Å². The van der Waals surface area contributed by atoms with Gasteiger partial charge < -0.3 is 16.0 Å². The highest BCUT2D eigenvalue weighted by atomic mass is 19.1. The number of hydrogen-bond donors (Lipinski definition) is 2. The Bertz CT molecular complexity index is 920. The number of carbonyl (C=O) groups is 1. The van der Waals surface area contributed by atoms with Gasteiger partial charge in [0.05, 0.1) is 12.1 Å². The van der Waals surface area contributed by atoms with E-state index in [-0.39, 0.29) is 11.7 Å². The van der Waals surface area contributed by atoms with Crippen molar-refractivity contribution >= 4 is 17.9 Å². The van der Waals surface area contributed by atoms with E-state index in [1.54, 1.807) is 37.1 Å². The van der Waals surface area contributed by atoms with E-state index in [9.17, 15) is 9.18 Å². The summed E-state index contributed by atoms with van der Waals surface area (Å²) in [5.41, 5.74) is 6.66. The number of halogens is 1. The maximum Gasteiger partial charge on any atom is 0.246 e. The average Bonchev–Trinajstić information content (AvgIpc) is 3.05. The zero-order valence-electron chi connectivity index (χ0n) is 17.0. The molecule has 1 aromatic heterocycles. The van der Waals surface area contributed by atoms with Gasteiger partial charge >= 0.3 is 0 Å². The van der Waals surface area contributed by atoms with Gasteiger partial charge in [0.1, 0.15) is 23.2 Å². The van der Waals surface area contributed by atoms with Crippen molar-refractivity contribution < 1.29 is 9.18 Å². The van der Waals surface area contributed by atoms with Crippen LogP contribution in [0, 0.1) is 5.82 Å². The molecule has 0 spiro atoms. The van der Waals surface area contributed by atoms with Crippen molar-refractivity contribution in [1.82, 2.24) is 14.5 Å². The summed E-state index contributed by atoms with van der Waals surface area (Å²) in [5, 5.41) is 3.67. The standard InChI is InChI=1S/C22H28FN5O/c1-22(2,24)21(29)27-12-13-28-18(14-27)26-19(15-8-10-16(23)11-9-15)20(28)25-17-6-4-3-5-7-17/h8-13,17,25H,3-7,14,24H2,1-2H3. The summed E-state index contributed by atoms with van der Waals surface area (Å²) in [4.78, 5) is 19.0. The number of rotatable bonds is 4. The molecule has 0 atom stereocenters. The molecule has 2 aliphatic rings. The molecule has 4 rings (SSSR count). The van der Waals surface area contributed by atoms with Gasteiger partial charge in [-0.25, -0.2) is 9.37 Å². The lowest BCUT2D eigenvalue weighted by Gasteiger charge is -2.29. The SMILES string of the molecule is CC(C)(N)C(=O)N1C=Cn2c(nc(-c3ccc(F)cc3)c2NC2CCCCC2)C1. The van der Waals surface area contributed by atoms with Crippen LogP contribution in [0.2, 0.25) is 0 Å². The molecule has 154 valence electrons. The van der Waals surface area contributed by atoms with Crippen molar-refractivity contribution in [3.05, 3.63) is 42.1 Å². The third-order valence-corrected chi connectivity index (χ3v) is 5.57. The first kappa shape index (κ1) is 19.6. The van der Waals surface area contributed by atoms with Crippen LogP contribution in [0.4, 0.5) is 10.2 Å². The van der Waals surface area contributed by atoms with E-state index < -0.39 is 5.54 Å². The Morgan fingerprint density at radius 1 is 1.17 bits per heavy atom. The summed E-state index contributed by atoms with van der Waals surface area (Å²) in [6.45, 7) is 3.74. The highest BCUT2D eigenvalue weighted by Gasteiger charge is 2.31. The zero-order chi connectivity index (χ0) is 20.6. The Morgan fingerprint density at radius 2 is 1.86 bits per heavy atom. The van der Waals surface area contributed by atoms with Crippen molar-refractivity contribution in [2.75, 3.05) is 5.32 Å². The van der Waals surface area contributed by atoms with Crippen molar-refractivity contribution in [1.29, 1.82) is 0 Å². The lowest BCUT2D eigenvalue weighted by Crippen LogP contribution is -2.49. The van der Waals surface area contributed by atoms with Gasteiger partial charge in [0, 0.05) is 24.0 Å². The Hall–Kier alpha value is -2.67. The van der Waals surface area contributed by atoms with Gasteiger partial charge in [-0.1, -0.05) is 19.3 Å². The minimum absolute atomic E-state index is 0.159. The Kier molecular flexibility index (Phi) is 5.17. The first-order valence-electron chi connectivity index (χ1n) is 10.2. The number of imidazole rings is 1. The molecule has 2 heterocycles. The fraction of sp³-hybridized carbons (Fsp3) is 0.455. The Morgan fingerprint density at radius 3 is 2.52 bits per heavy atom. The number of nitrogens with zero attached hydrogens (tertiary/aromatic N) is 3. The average molecular weight is 397 g/mol. The van der Waals surface area contributed by atoms with Crippen molar-refractivity contribution in [3.63, 3.8) is 0 Å². The zero-order valence-corrected chi connectivity index (χ0v) is 17.0. The predicted molar refractivity (Wildman–Crippen MR) is 112 cm³/mol. The highest BCUT2D eigenvalue weighted by molar-refractivity contribution is 5.87. The molecule has 3 N–H and O–H groups in total. The summed E-state index contributed by atoms with van der Waals surface area (Å²) in [6, 6.07) is 6.76. The minimum atomic E-state index is -0.956. The van der Waals surface area contributed by atoms with Crippen LogP contribution in [-0.4, -0.2) is 31.9 Å². The molecule has 1 amide bonds. The molecule has 1 saturated carbocycles. The maximum absolute atomic E-state index is 13.4. The minimum Gasteiger partial charge on any atom is -0.367 e. The summed E-state index contributed by atoms with van der Waals surface area (Å²) >= 11 is 0. The molecule has 2 aromatic rings. The number of anilines is 1. The van der Waals surface area contributed by atoms with Crippen LogP contribution < -0.4 is 11.1 Å². The molecule has 29 heavy (non-hydrogen) atoms. The van der Waals surface area contributed by atoms with Gasteiger partial charge in [0.25, 0.3) is 0 Å². The first-order chi connectivity index (χ1) is 13.8. The van der Waals surface area contributed by atoms with Gasteiger partial charge in [-0.3, -0.25) is 9.36 Å². The van der Waals surface area contributed by atoms with E-state index >= 15 is 0 Å². The summed E-state index contributed by atoms with van der Waals surface area (Å²) in [7, 11) is 0. The number of carbonyl (C=O) groups excluding carboxylic acids is 1. The van der Waals surface area contributed by atoms with E-state index in [0.29, 0.717) is 12.6 Å². The fourth-order valence-electron chi connectivity index (χ4n) is 4.00. The van der Waals surface area contributed by atoms with Crippen LogP contribution in [-0.2, 0) is 11.3 Å². The second-order valence-corrected chi connectivity index (χ2v) is 8.53. The quantitative estimate of drug-likeness (QED) is 0.819. The van der Waals surface area contributed by atoms with Gasteiger partial charge in [0.15, 0.2) is 0 Å². The van der Waals surface area contributed by atoms with Crippen molar-refractivity contribution in [3.8, 4) is 11.3 Å². The molecular formula is C22H28FN5O. The smallest absolute Gasteiger partial charge is 0.246 e. The highest BCUT2D eigenvalue weighted by Crippen LogP contribution is 2.34. The summed E-state index contributed by atoms with van der Waals surface area (Å²) in [5.74, 6) is 1.21. The summed E-state index contributed by atoms with van der Waals surface area (Å²) in [6.07, 6.45) is 9.57. The van der Waals surface area contributed by atoms with E-state index in [0.717, 1.165) is 35.7 Å². The molecular weight excluding hydrogens is 369 g/mol. The van der Waals surface area contributed by atoms with Gasteiger partial charge in [0.2, 0.25) is 5.91 Å².